The van der Waals surface area contributed by atoms with Crippen LogP contribution >= 0.6 is 0 Å². The lowest BCUT2D eigenvalue weighted by molar-refractivity contribution is 0.102. The normalized spacial score (nSPS) is 13.8. The van der Waals surface area contributed by atoms with Crippen molar-refractivity contribution < 1.29 is 14.3 Å². The number of methoxy groups -OCH3 is 2. The summed E-state index contributed by atoms with van der Waals surface area (Å²) in [6.07, 6.45) is 2.37. The quantitative estimate of drug-likeness (QED) is 0.716. The second-order valence-electron chi connectivity index (χ2n) is 6.64. The highest BCUT2D eigenvalue weighted by Gasteiger charge is 2.18. The summed E-state index contributed by atoms with van der Waals surface area (Å²) in [7, 11) is 3.21. The maximum atomic E-state index is 12.9. The molecule has 1 aromatic heterocycles. The maximum absolute atomic E-state index is 12.9. The van der Waals surface area contributed by atoms with Gasteiger partial charge in [0, 0.05) is 24.5 Å². The molecular formula is C21H23N3O3. The predicted octanol–water partition coefficient (Wildman–Crippen LogP) is 4.04. The van der Waals surface area contributed by atoms with Crippen LogP contribution in [-0.4, -0.2) is 38.2 Å². The van der Waals surface area contributed by atoms with Crippen molar-refractivity contribution in [2.75, 3.05) is 37.5 Å². The molecule has 4 rings (SSSR count). The van der Waals surface area contributed by atoms with Gasteiger partial charge in [0.1, 0.15) is 17.2 Å². The molecule has 0 spiro atoms. The van der Waals surface area contributed by atoms with E-state index in [1.807, 2.05) is 30.3 Å². The van der Waals surface area contributed by atoms with Gasteiger partial charge in [-0.3, -0.25) is 4.79 Å². The Morgan fingerprint density at radius 3 is 2.59 bits per heavy atom. The molecule has 1 fully saturated rings. The fraction of sp³-hybridized carbons (Fsp3) is 0.286. The summed E-state index contributed by atoms with van der Waals surface area (Å²) >= 11 is 0. The van der Waals surface area contributed by atoms with Gasteiger partial charge < -0.3 is 24.7 Å². The number of aromatic nitrogens is 1. The van der Waals surface area contributed by atoms with E-state index < -0.39 is 0 Å². The minimum atomic E-state index is -0.182. The van der Waals surface area contributed by atoms with Crippen LogP contribution in [0, 0.1) is 0 Å². The van der Waals surface area contributed by atoms with Gasteiger partial charge in [-0.1, -0.05) is 12.1 Å². The highest BCUT2D eigenvalue weighted by Crippen LogP contribution is 2.32. The Balaban J connectivity index is 1.64. The van der Waals surface area contributed by atoms with E-state index in [1.54, 1.807) is 20.3 Å². The van der Waals surface area contributed by atoms with Crippen molar-refractivity contribution in [3.63, 3.8) is 0 Å². The van der Waals surface area contributed by atoms with Gasteiger partial charge in [0.2, 0.25) is 0 Å². The van der Waals surface area contributed by atoms with Gasteiger partial charge in [-0.2, -0.15) is 0 Å². The monoisotopic (exact) mass is 365 g/mol. The molecule has 0 aliphatic carbocycles. The van der Waals surface area contributed by atoms with Gasteiger partial charge in [0.05, 0.1) is 31.1 Å². The Morgan fingerprint density at radius 1 is 1.07 bits per heavy atom. The van der Waals surface area contributed by atoms with Gasteiger partial charge in [0.25, 0.3) is 5.91 Å². The number of aromatic amines is 1. The Bertz CT molecular complexity index is 974. The summed E-state index contributed by atoms with van der Waals surface area (Å²) in [5.74, 6) is 1.14. The van der Waals surface area contributed by atoms with Crippen molar-refractivity contribution in [1.82, 2.24) is 4.98 Å². The van der Waals surface area contributed by atoms with E-state index in [9.17, 15) is 4.79 Å². The van der Waals surface area contributed by atoms with Gasteiger partial charge in [-0.05, 0) is 37.1 Å². The minimum absolute atomic E-state index is 0.182. The molecule has 1 aliphatic heterocycles. The van der Waals surface area contributed by atoms with Crippen molar-refractivity contribution >= 4 is 28.2 Å². The van der Waals surface area contributed by atoms with Gasteiger partial charge in [-0.15, -0.1) is 0 Å². The average Bonchev–Trinajstić information content (AvgIpc) is 3.37. The molecule has 2 N–H and O–H groups in total. The number of H-pyrrole nitrogens is 1. The number of amides is 1. The van der Waals surface area contributed by atoms with Crippen molar-refractivity contribution in [2.24, 2.45) is 0 Å². The van der Waals surface area contributed by atoms with Gasteiger partial charge in [0.15, 0.2) is 0 Å². The van der Waals surface area contributed by atoms with Crippen LogP contribution in [0.15, 0.2) is 42.5 Å². The van der Waals surface area contributed by atoms with E-state index in [4.69, 9.17) is 9.47 Å². The second-order valence-corrected chi connectivity index (χ2v) is 6.64. The molecule has 1 amide bonds. The number of nitrogens with one attached hydrogen (secondary N) is 2. The van der Waals surface area contributed by atoms with Crippen LogP contribution in [0.25, 0.3) is 10.9 Å². The van der Waals surface area contributed by atoms with Crippen LogP contribution in [0.2, 0.25) is 0 Å². The topological polar surface area (TPSA) is 66.6 Å². The number of ether oxygens (including phenoxy) is 2. The molecule has 3 aromatic rings. The number of rotatable bonds is 5. The first-order chi connectivity index (χ1) is 13.2. The lowest BCUT2D eigenvalue weighted by Gasteiger charge is -2.21. The Labute approximate surface area is 158 Å². The third kappa shape index (κ3) is 3.30. The molecular weight excluding hydrogens is 342 g/mol. The lowest BCUT2D eigenvalue weighted by atomic mass is 10.2. The molecule has 0 unspecified atom stereocenters. The first-order valence-electron chi connectivity index (χ1n) is 9.09. The summed E-state index contributed by atoms with van der Waals surface area (Å²) in [6.45, 7) is 2.05. The van der Waals surface area contributed by atoms with Crippen LogP contribution in [-0.2, 0) is 0 Å². The predicted molar refractivity (Wildman–Crippen MR) is 107 cm³/mol. The van der Waals surface area contributed by atoms with Crippen LogP contribution in [0.4, 0.5) is 11.4 Å². The van der Waals surface area contributed by atoms with Crippen molar-refractivity contribution in [2.45, 2.75) is 12.8 Å². The van der Waals surface area contributed by atoms with E-state index in [0.29, 0.717) is 17.2 Å². The van der Waals surface area contributed by atoms with Crippen molar-refractivity contribution in [3.8, 4) is 11.5 Å². The summed E-state index contributed by atoms with van der Waals surface area (Å²) in [5.41, 5.74) is 3.15. The molecule has 6 heteroatoms. The van der Waals surface area contributed by atoms with E-state index >= 15 is 0 Å². The van der Waals surface area contributed by atoms with Crippen LogP contribution in [0.3, 0.4) is 0 Å². The van der Waals surface area contributed by atoms with Crippen LogP contribution in [0.1, 0.15) is 23.3 Å². The third-order valence-corrected chi connectivity index (χ3v) is 4.96. The maximum Gasteiger partial charge on any atom is 0.272 e. The molecule has 1 saturated heterocycles. The Morgan fingerprint density at radius 2 is 1.85 bits per heavy atom. The zero-order valence-corrected chi connectivity index (χ0v) is 15.5. The van der Waals surface area contributed by atoms with E-state index in [0.717, 1.165) is 35.4 Å². The van der Waals surface area contributed by atoms with E-state index in [2.05, 4.69) is 21.3 Å². The second kappa shape index (κ2) is 7.23. The Kier molecular flexibility index (Phi) is 4.62. The highest BCUT2D eigenvalue weighted by atomic mass is 16.5. The molecule has 0 atom stereocenters. The van der Waals surface area contributed by atoms with E-state index in [-0.39, 0.29) is 5.91 Å². The lowest BCUT2D eigenvalue weighted by Crippen LogP contribution is -2.21. The minimum Gasteiger partial charge on any atom is -0.497 e. The highest BCUT2D eigenvalue weighted by molar-refractivity contribution is 6.08. The zero-order chi connectivity index (χ0) is 18.8. The molecule has 0 radical (unpaired) electrons. The first-order valence-corrected chi connectivity index (χ1v) is 9.09. The number of hydrogen-bond acceptors (Lipinski definition) is 4. The molecule has 6 nitrogen and oxygen atoms in total. The molecule has 0 saturated carbocycles. The standard InChI is InChI=1S/C21H23N3O3/c1-26-15-11-14-12-17(22-20(14)19(13-15)27-2)21(25)23-16-7-3-4-8-18(16)24-9-5-6-10-24/h3-4,7-8,11-13,22H,5-6,9-10H2,1-2H3,(H,23,25). The molecule has 1 aliphatic rings. The largest absolute Gasteiger partial charge is 0.497 e. The SMILES string of the molecule is COc1cc(OC)c2[nH]c(C(=O)Nc3ccccc3N3CCCC3)cc2c1. The molecule has 2 heterocycles. The molecule has 140 valence electrons. The summed E-state index contributed by atoms with van der Waals surface area (Å²) in [4.78, 5) is 18.4. The van der Waals surface area contributed by atoms with Crippen LogP contribution in [0.5, 0.6) is 11.5 Å². The molecule has 2 aromatic carbocycles. The number of carbonyl (C=O) groups is 1. The number of benzene rings is 2. The number of anilines is 2. The number of hydrogen-bond donors (Lipinski definition) is 2. The fourth-order valence-corrected chi connectivity index (χ4v) is 3.59. The average molecular weight is 365 g/mol. The van der Waals surface area contributed by atoms with Gasteiger partial charge in [-0.25, -0.2) is 0 Å². The number of carbonyl (C=O) groups excluding carboxylic acids is 1. The third-order valence-electron chi connectivity index (χ3n) is 4.96. The van der Waals surface area contributed by atoms with Crippen molar-refractivity contribution in [1.29, 1.82) is 0 Å². The smallest absolute Gasteiger partial charge is 0.272 e. The summed E-state index contributed by atoms with van der Waals surface area (Å²) in [6, 6.07) is 13.4. The van der Waals surface area contributed by atoms with Crippen molar-refractivity contribution in [3.05, 3.63) is 48.2 Å². The molecule has 27 heavy (non-hydrogen) atoms. The van der Waals surface area contributed by atoms with Crippen LogP contribution < -0.4 is 19.7 Å². The first kappa shape index (κ1) is 17.3. The van der Waals surface area contributed by atoms with Gasteiger partial charge >= 0.3 is 0 Å². The van der Waals surface area contributed by atoms with E-state index in [1.165, 1.54) is 12.8 Å². The number of nitrogens with zero attached hydrogens (tertiary/aromatic N) is 1. The number of para-hydroxylation sites is 2. The number of fused-ring (bicyclic) bond motifs is 1. The Hall–Kier alpha value is -3.15. The molecule has 0 bridgehead atoms. The zero-order valence-electron chi connectivity index (χ0n) is 15.5. The fourth-order valence-electron chi connectivity index (χ4n) is 3.59. The summed E-state index contributed by atoms with van der Waals surface area (Å²) in [5, 5.41) is 3.91. The summed E-state index contributed by atoms with van der Waals surface area (Å²) < 4.78 is 10.7.